The van der Waals surface area contributed by atoms with Crippen molar-refractivity contribution in [2.45, 2.75) is 30.5 Å². The lowest BCUT2D eigenvalue weighted by Crippen LogP contribution is -2.40. The average Bonchev–Trinajstić information content (AvgIpc) is 3.20. The standard InChI is InChI=1S/C25H25NO3S/c1-20-12-15-24(16-13-20)30(27,28)26-23(19-29-18-21-8-4-2-5-9-21)14-17-25(26)22-10-6-3-7-11-22/h2-17,23,25H,18-19H2,1H3/t23-,25+/m0/s1. The first-order chi connectivity index (χ1) is 14.6. The number of aryl methyl sites for hydroxylation is 1. The minimum Gasteiger partial charge on any atom is -0.375 e. The number of hydrogen-bond donors (Lipinski definition) is 0. The molecule has 0 aromatic heterocycles. The van der Waals surface area contributed by atoms with Gasteiger partial charge < -0.3 is 4.74 Å². The van der Waals surface area contributed by atoms with Gasteiger partial charge in [0, 0.05) is 0 Å². The summed E-state index contributed by atoms with van der Waals surface area (Å²) in [6.45, 7) is 2.68. The van der Waals surface area contributed by atoms with Gasteiger partial charge in [0.05, 0.1) is 30.2 Å². The zero-order valence-electron chi connectivity index (χ0n) is 16.9. The molecule has 0 unspecified atom stereocenters. The zero-order chi connectivity index (χ0) is 21.0. The molecule has 5 heteroatoms. The number of nitrogens with zero attached hydrogens (tertiary/aromatic N) is 1. The Morgan fingerprint density at radius 3 is 2.13 bits per heavy atom. The van der Waals surface area contributed by atoms with Crippen molar-refractivity contribution in [2.75, 3.05) is 6.61 Å². The second-order valence-electron chi connectivity index (χ2n) is 7.46. The Labute approximate surface area is 178 Å². The fourth-order valence-electron chi connectivity index (χ4n) is 3.68. The Kier molecular flexibility index (Phi) is 6.13. The number of hydrogen-bond acceptors (Lipinski definition) is 3. The maximum atomic E-state index is 13.6. The molecule has 0 fully saturated rings. The van der Waals surface area contributed by atoms with E-state index in [1.54, 1.807) is 16.4 Å². The van der Waals surface area contributed by atoms with E-state index >= 15 is 0 Å². The molecular formula is C25H25NO3S. The van der Waals surface area contributed by atoms with E-state index in [2.05, 4.69) is 0 Å². The van der Waals surface area contributed by atoms with E-state index < -0.39 is 10.0 Å². The van der Waals surface area contributed by atoms with Crippen molar-refractivity contribution in [3.8, 4) is 0 Å². The lowest BCUT2D eigenvalue weighted by atomic mass is 10.1. The highest BCUT2D eigenvalue weighted by Gasteiger charge is 2.39. The maximum absolute atomic E-state index is 13.6. The first kappa shape index (κ1) is 20.5. The van der Waals surface area contributed by atoms with Gasteiger partial charge in [0.15, 0.2) is 0 Å². The number of sulfonamides is 1. The largest absolute Gasteiger partial charge is 0.375 e. The van der Waals surface area contributed by atoms with Gasteiger partial charge in [-0.2, -0.15) is 4.31 Å². The van der Waals surface area contributed by atoms with Crippen molar-refractivity contribution in [1.29, 1.82) is 0 Å². The van der Waals surface area contributed by atoms with Gasteiger partial charge in [-0.25, -0.2) is 8.42 Å². The Balaban J connectivity index is 1.60. The van der Waals surface area contributed by atoms with E-state index in [1.165, 1.54) is 0 Å². The summed E-state index contributed by atoms with van der Waals surface area (Å²) in [6, 6.07) is 25.9. The van der Waals surface area contributed by atoms with Crippen LogP contribution in [0.3, 0.4) is 0 Å². The van der Waals surface area contributed by atoms with Crippen LogP contribution in [0, 0.1) is 6.92 Å². The van der Waals surface area contributed by atoms with E-state index in [-0.39, 0.29) is 12.1 Å². The second-order valence-corrected chi connectivity index (χ2v) is 9.30. The van der Waals surface area contributed by atoms with Crippen LogP contribution in [0.2, 0.25) is 0 Å². The highest BCUT2D eigenvalue weighted by atomic mass is 32.2. The predicted octanol–water partition coefficient (Wildman–Crippen LogP) is 4.88. The molecule has 0 saturated carbocycles. The SMILES string of the molecule is Cc1ccc(S(=O)(=O)N2[C@@H](c3ccccc3)C=C[C@H]2COCc2ccccc2)cc1. The van der Waals surface area contributed by atoms with Crippen molar-refractivity contribution in [3.63, 3.8) is 0 Å². The molecule has 1 aliphatic heterocycles. The fraction of sp³-hybridized carbons (Fsp3) is 0.200. The molecule has 1 aliphatic rings. The van der Waals surface area contributed by atoms with Gasteiger partial charge >= 0.3 is 0 Å². The summed E-state index contributed by atoms with van der Waals surface area (Å²) >= 11 is 0. The van der Waals surface area contributed by atoms with Gasteiger partial charge in [-0.15, -0.1) is 0 Å². The van der Waals surface area contributed by atoms with Gasteiger partial charge in [-0.05, 0) is 30.2 Å². The van der Waals surface area contributed by atoms with Gasteiger partial charge in [-0.3, -0.25) is 0 Å². The van der Waals surface area contributed by atoms with Gasteiger partial charge in [0.25, 0.3) is 0 Å². The molecule has 154 valence electrons. The second kappa shape index (κ2) is 8.96. The maximum Gasteiger partial charge on any atom is 0.244 e. The Morgan fingerprint density at radius 2 is 1.47 bits per heavy atom. The zero-order valence-corrected chi connectivity index (χ0v) is 17.7. The summed E-state index contributed by atoms with van der Waals surface area (Å²) < 4.78 is 34.7. The molecule has 30 heavy (non-hydrogen) atoms. The molecule has 0 amide bonds. The molecule has 0 spiro atoms. The van der Waals surface area contributed by atoms with Crippen molar-refractivity contribution >= 4 is 10.0 Å². The van der Waals surface area contributed by atoms with Crippen LogP contribution in [0.4, 0.5) is 0 Å². The van der Waals surface area contributed by atoms with E-state index in [0.29, 0.717) is 18.1 Å². The molecule has 0 radical (unpaired) electrons. The average molecular weight is 420 g/mol. The molecule has 1 heterocycles. The quantitative estimate of drug-likeness (QED) is 0.513. The Bertz CT molecular complexity index is 1090. The Hall–Kier alpha value is -2.73. The van der Waals surface area contributed by atoms with Crippen LogP contribution in [0.25, 0.3) is 0 Å². The van der Waals surface area contributed by atoms with Crippen LogP contribution in [0.15, 0.2) is 102 Å². The summed E-state index contributed by atoms with van der Waals surface area (Å²) in [4.78, 5) is 0.297. The van der Waals surface area contributed by atoms with Crippen molar-refractivity contribution in [1.82, 2.24) is 4.31 Å². The fourth-order valence-corrected chi connectivity index (χ4v) is 5.38. The predicted molar refractivity (Wildman–Crippen MR) is 118 cm³/mol. The first-order valence-corrected chi connectivity index (χ1v) is 11.4. The molecule has 4 rings (SSSR count). The van der Waals surface area contributed by atoms with Gasteiger partial charge in [0.1, 0.15) is 0 Å². The minimum absolute atomic E-state index is 0.291. The lowest BCUT2D eigenvalue weighted by Gasteiger charge is -2.30. The van der Waals surface area contributed by atoms with Crippen LogP contribution >= 0.6 is 0 Å². The smallest absolute Gasteiger partial charge is 0.244 e. The van der Waals surface area contributed by atoms with Crippen LogP contribution in [0.5, 0.6) is 0 Å². The van der Waals surface area contributed by atoms with E-state index in [0.717, 1.165) is 16.7 Å². The molecule has 0 N–H and O–H groups in total. The topological polar surface area (TPSA) is 46.6 Å². The van der Waals surface area contributed by atoms with Gasteiger partial charge in [-0.1, -0.05) is 90.5 Å². The minimum atomic E-state index is -3.71. The molecule has 0 bridgehead atoms. The van der Waals surface area contributed by atoms with E-state index in [9.17, 15) is 8.42 Å². The number of rotatable bonds is 7. The van der Waals surface area contributed by atoms with Crippen LogP contribution in [0.1, 0.15) is 22.7 Å². The van der Waals surface area contributed by atoms with Crippen molar-refractivity contribution in [3.05, 3.63) is 114 Å². The molecule has 4 nitrogen and oxygen atoms in total. The third kappa shape index (κ3) is 4.38. The van der Waals surface area contributed by atoms with Crippen LogP contribution in [-0.2, 0) is 21.4 Å². The Morgan fingerprint density at radius 1 is 0.833 bits per heavy atom. The molecule has 0 saturated heterocycles. The molecule has 2 atom stereocenters. The highest BCUT2D eigenvalue weighted by molar-refractivity contribution is 7.89. The highest BCUT2D eigenvalue weighted by Crippen LogP contribution is 2.36. The monoisotopic (exact) mass is 419 g/mol. The van der Waals surface area contributed by atoms with Gasteiger partial charge in [0.2, 0.25) is 10.0 Å². The van der Waals surface area contributed by atoms with E-state index in [4.69, 9.17) is 4.74 Å². The summed E-state index contributed by atoms with van der Waals surface area (Å²) in [5.41, 5.74) is 3.03. The van der Waals surface area contributed by atoms with E-state index in [1.807, 2.05) is 91.9 Å². The summed E-state index contributed by atoms with van der Waals surface area (Å²) in [5.74, 6) is 0. The normalized spacial score (nSPS) is 19.2. The number of benzene rings is 3. The summed E-state index contributed by atoms with van der Waals surface area (Å²) in [5, 5.41) is 0. The molecule has 3 aromatic rings. The molecule has 0 aliphatic carbocycles. The summed E-state index contributed by atoms with van der Waals surface area (Å²) in [7, 11) is -3.71. The van der Waals surface area contributed by atoms with Crippen LogP contribution in [-0.4, -0.2) is 25.4 Å². The molecule has 3 aromatic carbocycles. The van der Waals surface area contributed by atoms with Crippen molar-refractivity contribution in [2.24, 2.45) is 0 Å². The number of ether oxygens (including phenoxy) is 1. The van der Waals surface area contributed by atoms with Crippen LogP contribution < -0.4 is 0 Å². The summed E-state index contributed by atoms with van der Waals surface area (Å²) in [6.07, 6.45) is 3.89. The van der Waals surface area contributed by atoms with Crippen molar-refractivity contribution < 1.29 is 13.2 Å². The molecular weight excluding hydrogens is 394 g/mol. The lowest BCUT2D eigenvalue weighted by molar-refractivity contribution is 0.0905. The first-order valence-electron chi connectivity index (χ1n) is 10.0. The third-order valence-electron chi connectivity index (χ3n) is 5.25. The third-order valence-corrected chi connectivity index (χ3v) is 7.18.